The number of rotatable bonds is 8. The van der Waals surface area contributed by atoms with E-state index in [2.05, 4.69) is 313 Å². The molecule has 2 aliphatic heterocycles. The maximum absolute atomic E-state index is 6.64. The molecule has 0 saturated heterocycles. The Labute approximate surface area is 519 Å². The third kappa shape index (κ3) is 7.65. The summed E-state index contributed by atoms with van der Waals surface area (Å²) in [4.78, 5) is 5.20. The SMILES string of the molecule is c1ccc(-c2ccccc2N2c3ccc(-c4cccc5oc6ccccc6c45)cc3B3c4cc(-c5cccc6oc7ccccc7c56)ccc4N(c4c(-c5ccccc5)cccc4-c4ccccc4)c4cc(-c5ccc6oc7ccccc7c6c5)cc2c43)cc1. The van der Waals surface area contributed by atoms with Crippen LogP contribution in [-0.2, 0) is 0 Å². The highest BCUT2D eigenvalue weighted by atomic mass is 16.3. The molecule has 90 heavy (non-hydrogen) atoms. The van der Waals surface area contributed by atoms with Crippen molar-refractivity contribution in [2.45, 2.75) is 0 Å². The van der Waals surface area contributed by atoms with Crippen LogP contribution in [0, 0.1) is 0 Å². The minimum atomic E-state index is -0.282. The highest BCUT2D eigenvalue weighted by molar-refractivity contribution is 7.00. The quantitative estimate of drug-likeness (QED) is 0.142. The molecule has 0 aliphatic carbocycles. The predicted octanol–water partition coefficient (Wildman–Crippen LogP) is 21.5. The molecule has 0 N–H and O–H groups in total. The number of para-hydroxylation sites is 5. The number of hydrogen-bond acceptors (Lipinski definition) is 5. The summed E-state index contributed by atoms with van der Waals surface area (Å²) in [5, 5.41) is 6.56. The molecule has 2 aliphatic rings. The third-order valence-corrected chi connectivity index (χ3v) is 18.9. The van der Waals surface area contributed by atoms with Gasteiger partial charge in [0.05, 0.1) is 11.4 Å². The smallest absolute Gasteiger partial charge is 0.252 e. The normalized spacial score (nSPS) is 12.6. The van der Waals surface area contributed by atoms with Crippen molar-refractivity contribution < 1.29 is 13.3 Å². The molecule has 0 unspecified atom stereocenters. The lowest BCUT2D eigenvalue weighted by Crippen LogP contribution is -2.61. The number of fused-ring (bicyclic) bond motifs is 13. The van der Waals surface area contributed by atoms with Crippen LogP contribution in [0.1, 0.15) is 0 Å². The molecule has 5 nitrogen and oxygen atoms in total. The highest BCUT2D eigenvalue weighted by Crippen LogP contribution is 2.53. The van der Waals surface area contributed by atoms with Gasteiger partial charge in [-0.1, -0.05) is 237 Å². The molecule has 0 radical (unpaired) electrons. The fourth-order valence-corrected chi connectivity index (χ4v) is 15.0. The molecule has 14 aromatic carbocycles. The summed E-state index contributed by atoms with van der Waals surface area (Å²) in [5.74, 6) is 0. The average molecular weight is 1150 g/mol. The summed E-state index contributed by atoms with van der Waals surface area (Å²) >= 11 is 0. The molecule has 6 heteroatoms. The molecular weight excluding hydrogens is 1100 g/mol. The fourth-order valence-electron chi connectivity index (χ4n) is 15.0. The van der Waals surface area contributed by atoms with E-state index in [1.54, 1.807) is 0 Å². The second-order valence-corrected chi connectivity index (χ2v) is 23.8. The summed E-state index contributed by atoms with van der Waals surface area (Å²) in [7, 11) is 0. The van der Waals surface area contributed by atoms with E-state index in [4.69, 9.17) is 13.3 Å². The molecule has 0 spiro atoms. The Balaban J connectivity index is 0.976. The maximum Gasteiger partial charge on any atom is 0.252 e. The Morgan fingerprint density at radius 1 is 0.222 bits per heavy atom. The molecule has 0 amide bonds. The van der Waals surface area contributed by atoms with Gasteiger partial charge in [-0.25, -0.2) is 0 Å². The fraction of sp³-hybridized carbons (Fsp3) is 0. The van der Waals surface area contributed by atoms with E-state index in [-0.39, 0.29) is 6.71 Å². The van der Waals surface area contributed by atoms with Crippen molar-refractivity contribution in [3.63, 3.8) is 0 Å². The van der Waals surface area contributed by atoms with Gasteiger partial charge in [-0.3, -0.25) is 0 Å². The van der Waals surface area contributed by atoms with Crippen molar-refractivity contribution in [3.8, 4) is 66.8 Å². The van der Waals surface area contributed by atoms with Crippen molar-refractivity contribution in [2.75, 3.05) is 9.80 Å². The van der Waals surface area contributed by atoms with E-state index < -0.39 is 0 Å². The Hall–Kier alpha value is -11.9. The summed E-state index contributed by atoms with van der Waals surface area (Å²) < 4.78 is 19.8. The average Bonchev–Trinajstić information content (AvgIpc) is 0.858. The summed E-state index contributed by atoms with van der Waals surface area (Å²) in [5.41, 5.74) is 28.7. The third-order valence-electron chi connectivity index (χ3n) is 18.9. The first kappa shape index (κ1) is 50.3. The lowest BCUT2D eigenvalue weighted by atomic mass is 9.33. The van der Waals surface area contributed by atoms with Crippen LogP contribution in [-0.4, -0.2) is 6.71 Å². The van der Waals surface area contributed by atoms with Gasteiger partial charge in [-0.15, -0.1) is 0 Å². The zero-order chi connectivity index (χ0) is 59.0. The predicted molar refractivity (Wildman–Crippen MR) is 375 cm³/mol. The number of hydrogen-bond donors (Lipinski definition) is 0. The first-order valence-electron chi connectivity index (χ1n) is 30.8. The van der Waals surface area contributed by atoms with Crippen LogP contribution in [0.4, 0.5) is 34.1 Å². The second kappa shape index (κ2) is 19.8. The van der Waals surface area contributed by atoms with Crippen LogP contribution < -0.4 is 26.2 Å². The minimum absolute atomic E-state index is 0.282. The summed E-state index contributed by atoms with van der Waals surface area (Å²) in [6.07, 6.45) is 0. The lowest BCUT2D eigenvalue weighted by molar-refractivity contribution is 0.668. The molecule has 418 valence electrons. The Bertz CT molecular complexity index is 5710. The maximum atomic E-state index is 6.64. The zero-order valence-electron chi connectivity index (χ0n) is 48.6. The van der Waals surface area contributed by atoms with E-state index in [1.807, 2.05) is 6.07 Å². The molecule has 0 bridgehead atoms. The van der Waals surface area contributed by atoms with Crippen molar-refractivity contribution in [1.82, 2.24) is 0 Å². The van der Waals surface area contributed by atoms with Crippen LogP contribution in [0.15, 0.2) is 323 Å². The van der Waals surface area contributed by atoms with Crippen LogP contribution in [0.25, 0.3) is 133 Å². The molecular formula is C84H51BN2O3. The summed E-state index contributed by atoms with van der Waals surface area (Å²) in [6, 6.07) is 113. The van der Waals surface area contributed by atoms with Crippen molar-refractivity contribution >= 4 is 123 Å². The van der Waals surface area contributed by atoms with Crippen molar-refractivity contribution in [2.24, 2.45) is 0 Å². The molecule has 0 atom stereocenters. The largest absolute Gasteiger partial charge is 0.456 e. The van der Waals surface area contributed by atoms with Gasteiger partial charge in [0.1, 0.15) is 33.5 Å². The topological polar surface area (TPSA) is 45.9 Å². The molecule has 3 aromatic heterocycles. The van der Waals surface area contributed by atoms with E-state index >= 15 is 0 Å². The van der Waals surface area contributed by atoms with E-state index in [9.17, 15) is 0 Å². The number of benzene rings is 14. The minimum Gasteiger partial charge on any atom is -0.456 e. The standard InChI is InChI=1S/C84H51BN2O3/c1-4-21-52(22-5-1)59-27-10-14-35-70(59)86-71-44-41-56(60-31-19-39-79-81(60)65-29-12-16-37-76(65)89-79)48-68(71)85-69-49-57(61-32-20-40-80-82(61)66-30-13-17-38-77(66)90-80)42-45-72(69)87(84-62(53-23-6-2-7-24-53)33-18-34-63(84)54-25-8-3-9-26-54)74-51-58(50-73(86)83(74)85)55-43-46-78-67(47-55)64-28-11-15-36-75(64)88-78/h1-51H. The van der Waals surface area contributed by atoms with Crippen molar-refractivity contribution in [1.29, 1.82) is 0 Å². The van der Waals surface area contributed by atoms with Gasteiger partial charge >= 0.3 is 0 Å². The molecule has 17 aromatic rings. The number of anilines is 6. The van der Waals surface area contributed by atoms with Crippen LogP contribution >= 0.6 is 0 Å². The molecule has 0 saturated carbocycles. The molecule has 5 heterocycles. The first-order chi connectivity index (χ1) is 44.6. The Kier molecular flexibility index (Phi) is 11.1. The van der Waals surface area contributed by atoms with Gasteiger partial charge in [0.2, 0.25) is 0 Å². The van der Waals surface area contributed by atoms with Crippen LogP contribution in [0.2, 0.25) is 0 Å². The van der Waals surface area contributed by atoms with Gasteiger partial charge in [0, 0.05) is 71.8 Å². The van der Waals surface area contributed by atoms with Gasteiger partial charge in [0.15, 0.2) is 0 Å². The summed E-state index contributed by atoms with van der Waals surface area (Å²) in [6.45, 7) is -0.282. The second-order valence-electron chi connectivity index (χ2n) is 23.8. The zero-order valence-corrected chi connectivity index (χ0v) is 48.6. The first-order valence-corrected chi connectivity index (χ1v) is 30.8. The Morgan fingerprint density at radius 3 is 1.22 bits per heavy atom. The van der Waals surface area contributed by atoms with E-state index in [0.29, 0.717) is 0 Å². The van der Waals surface area contributed by atoms with Crippen LogP contribution in [0.3, 0.4) is 0 Å². The number of furan rings is 3. The van der Waals surface area contributed by atoms with Gasteiger partial charge in [-0.05, 0) is 139 Å². The Morgan fingerprint density at radius 2 is 0.633 bits per heavy atom. The monoisotopic (exact) mass is 1150 g/mol. The van der Waals surface area contributed by atoms with E-state index in [0.717, 1.165) is 167 Å². The molecule has 0 fully saturated rings. The lowest BCUT2D eigenvalue weighted by Gasteiger charge is -2.45. The number of nitrogens with zero attached hydrogens (tertiary/aromatic N) is 2. The van der Waals surface area contributed by atoms with Gasteiger partial charge in [-0.2, -0.15) is 0 Å². The highest BCUT2D eigenvalue weighted by Gasteiger charge is 2.45. The van der Waals surface area contributed by atoms with Crippen molar-refractivity contribution in [3.05, 3.63) is 309 Å². The van der Waals surface area contributed by atoms with Crippen LogP contribution in [0.5, 0.6) is 0 Å². The molecule has 19 rings (SSSR count). The van der Waals surface area contributed by atoms with E-state index in [1.165, 1.54) is 16.4 Å². The van der Waals surface area contributed by atoms with Gasteiger partial charge in [0.25, 0.3) is 6.71 Å². The van der Waals surface area contributed by atoms with Gasteiger partial charge < -0.3 is 23.1 Å².